The van der Waals surface area contributed by atoms with Crippen LogP contribution in [0.1, 0.15) is 24.1 Å². The molecule has 0 fully saturated rings. The van der Waals surface area contributed by atoms with Gasteiger partial charge < -0.3 is 10.6 Å². The van der Waals surface area contributed by atoms with Gasteiger partial charge in [0.05, 0.1) is 12.6 Å². The molecule has 0 aromatic heterocycles. The summed E-state index contributed by atoms with van der Waals surface area (Å²) in [5.74, 6) is 0.922. The van der Waals surface area contributed by atoms with E-state index < -0.39 is 0 Å². The van der Waals surface area contributed by atoms with Crippen LogP contribution < -0.4 is 10.6 Å². The van der Waals surface area contributed by atoms with Crippen LogP contribution in [-0.2, 0) is 0 Å². The molecule has 1 atom stereocenters. The van der Waals surface area contributed by atoms with E-state index in [1.54, 1.807) is 0 Å². The van der Waals surface area contributed by atoms with Crippen molar-refractivity contribution in [1.82, 2.24) is 10.6 Å². The van der Waals surface area contributed by atoms with Gasteiger partial charge in [0, 0.05) is 6.54 Å². The van der Waals surface area contributed by atoms with Gasteiger partial charge in [-0.25, -0.2) is 0 Å². The maximum Gasteiger partial charge on any atom is 0.191 e. The van der Waals surface area contributed by atoms with Crippen molar-refractivity contribution in [1.29, 1.82) is 0 Å². The molecule has 80 valence electrons. The SMILES string of the molecule is Cc1ccccc1C(C)NC1=NCCN1. The topological polar surface area (TPSA) is 36.4 Å². The van der Waals surface area contributed by atoms with Crippen molar-refractivity contribution in [2.45, 2.75) is 19.9 Å². The second-order valence-corrected chi connectivity index (χ2v) is 3.88. The van der Waals surface area contributed by atoms with Crippen molar-refractivity contribution < 1.29 is 0 Å². The van der Waals surface area contributed by atoms with Crippen molar-refractivity contribution in [2.24, 2.45) is 4.99 Å². The van der Waals surface area contributed by atoms with E-state index >= 15 is 0 Å². The molecule has 1 aromatic carbocycles. The summed E-state index contributed by atoms with van der Waals surface area (Å²) >= 11 is 0. The maximum absolute atomic E-state index is 4.33. The number of guanidine groups is 1. The van der Waals surface area contributed by atoms with Gasteiger partial charge in [0.15, 0.2) is 5.96 Å². The zero-order valence-corrected chi connectivity index (χ0v) is 9.25. The molecule has 0 saturated heterocycles. The van der Waals surface area contributed by atoms with E-state index in [2.05, 4.69) is 53.7 Å². The Bertz CT molecular complexity index is 371. The number of aliphatic imine (C=N–C) groups is 1. The van der Waals surface area contributed by atoms with Crippen molar-refractivity contribution >= 4 is 5.96 Å². The first-order valence-corrected chi connectivity index (χ1v) is 5.38. The molecule has 1 aliphatic rings. The lowest BCUT2D eigenvalue weighted by atomic mass is 10.0. The van der Waals surface area contributed by atoms with E-state index in [-0.39, 0.29) is 0 Å². The van der Waals surface area contributed by atoms with Gasteiger partial charge in [-0.05, 0) is 25.0 Å². The Morgan fingerprint density at radius 1 is 1.40 bits per heavy atom. The zero-order valence-electron chi connectivity index (χ0n) is 9.25. The highest BCUT2D eigenvalue weighted by molar-refractivity contribution is 5.81. The molecule has 3 nitrogen and oxygen atoms in total. The van der Waals surface area contributed by atoms with Crippen LogP contribution >= 0.6 is 0 Å². The summed E-state index contributed by atoms with van der Waals surface area (Å²) in [5, 5.41) is 6.59. The molecule has 2 rings (SSSR count). The number of rotatable bonds is 2. The Kier molecular flexibility index (Phi) is 2.90. The van der Waals surface area contributed by atoms with Gasteiger partial charge >= 0.3 is 0 Å². The molecule has 3 heteroatoms. The molecular weight excluding hydrogens is 186 g/mol. The minimum absolute atomic E-state index is 0.301. The molecule has 0 spiro atoms. The summed E-state index contributed by atoms with van der Waals surface area (Å²) < 4.78 is 0. The van der Waals surface area contributed by atoms with Crippen LogP contribution in [0.25, 0.3) is 0 Å². The molecule has 1 heterocycles. The van der Waals surface area contributed by atoms with Crippen LogP contribution in [0.5, 0.6) is 0 Å². The Labute approximate surface area is 90.6 Å². The molecule has 0 saturated carbocycles. The fourth-order valence-electron chi connectivity index (χ4n) is 1.85. The minimum Gasteiger partial charge on any atom is -0.355 e. The van der Waals surface area contributed by atoms with Crippen LogP contribution in [0, 0.1) is 6.92 Å². The van der Waals surface area contributed by atoms with Gasteiger partial charge in [-0.2, -0.15) is 0 Å². The molecule has 0 bridgehead atoms. The van der Waals surface area contributed by atoms with E-state index in [4.69, 9.17) is 0 Å². The van der Waals surface area contributed by atoms with Gasteiger partial charge in [0.25, 0.3) is 0 Å². The van der Waals surface area contributed by atoms with E-state index in [0.717, 1.165) is 19.0 Å². The number of benzene rings is 1. The summed E-state index contributed by atoms with van der Waals surface area (Å²) in [5.41, 5.74) is 2.64. The summed E-state index contributed by atoms with van der Waals surface area (Å²) in [6.07, 6.45) is 0. The summed E-state index contributed by atoms with van der Waals surface area (Å²) in [6, 6.07) is 8.73. The van der Waals surface area contributed by atoms with Crippen molar-refractivity contribution in [3.8, 4) is 0 Å². The fourth-order valence-corrected chi connectivity index (χ4v) is 1.85. The van der Waals surface area contributed by atoms with Crippen LogP contribution in [-0.4, -0.2) is 19.0 Å². The number of nitrogens with one attached hydrogen (secondary N) is 2. The molecule has 1 unspecified atom stereocenters. The number of aryl methyl sites for hydroxylation is 1. The molecule has 1 aromatic rings. The average Bonchev–Trinajstić information content (AvgIpc) is 2.71. The Balaban J connectivity index is 2.07. The Morgan fingerprint density at radius 3 is 2.87 bits per heavy atom. The van der Waals surface area contributed by atoms with Gasteiger partial charge in [-0.3, -0.25) is 4.99 Å². The predicted molar refractivity (Wildman–Crippen MR) is 63.0 cm³/mol. The third-order valence-electron chi connectivity index (χ3n) is 2.68. The molecule has 1 aliphatic heterocycles. The third-order valence-corrected chi connectivity index (χ3v) is 2.68. The molecule has 2 N–H and O–H groups in total. The summed E-state index contributed by atoms with van der Waals surface area (Å²) in [6.45, 7) is 6.12. The van der Waals surface area contributed by atoms with Crippen molar-refractivity contribution in [2.75, 3.05) is 13.1 Å². The Hall–Kier alpha value is -1.51. The zero-order chi connectivity index (χ0) is 10.7. The maximum atomic E-state index is 4.33. The highest BCUT2D eigenvalue weighted by atomic mass is 15.2. The fraction of sp³-hybridized carbons (Fsp3) is 0.417. The second kappa shape index (κ2) is 4.34. The lowest BCUT2D eigenvalue weighted by molar-refractivity contribution is 0.697. The number of nitrogens with zero attached hydrogens (tertiary/aromatic N) is 1. The highest BCUT2D eigenvalue weighted by Crippen LogP contribution is 2.16. The van der Waals surface area contributed by atoms with Gasteiger partial charge in [0.1, 0.15) is 0 Å². The molecule has 0 radical (unpaired) electrons. The molecule has 15 heavy (non-hydrogen) atoms. The van der Waals surface area contributed by atoms with Crippen LogP contribution in [0.15, 0.2) is 29.3 Å². The van der Waals surface area contributed by atoms with Crippen LogP contribution in [0.2, 0.25) is 0 Å². The Morgan fingerprint density at radius 2 is 2.20 bits per heavy atom. The van der Waals surface area contributed by atoms with E-state index in [0.29, 0.717) is 6.04 Å². The van der Waals surface area contributed by atoms with E-state index in [1.807, 2.05) is 0 Å². The second-order valence-electron chi connectivity index (χ2n) is 3.88. The first-order valence-electron chi connectivity index (χ1n) is 5.38. The quantitative estimate of drug-likeness (QED) is 0.766. The van der Waals surface area contributed by atoms with E-state index in [1.165, 1.54) is 11.1 Å². The minimum atomic E-state index is 0.301. The van der Waals surface area contributed by atoms with Crippen LogP contribution in [0.4, 0.5) is 0 Å². The number of hydrogen-bond acceptors (Lipinski definition) is 3. The summed E-state index contributed by atoms with van der Waals surface area (Å²) in [4.78, 5) is 4.33. The molecule has 0 amide bonds. The third kappa shape index (κ3) is 2.29. The van der Waals surface area contributed by atoms with Gasteiger partial charge in [-0.1, -0.05) is 24.3 Å². The molecular formula is C12H17N3. The smallest absolute Gasteiger partial charge is 0.191 e. The largest absolute Gasteiger partial charge is 0.355 e. The monoisotopic (exact) mass is 203 g/mol. The first kappa shape index (κ1) is 10.0. The average molecular weight is 203 g/mol. The van der Waals surface area contributed by atoms with Crippen LogP contribution in [0.3, 0.4) is 0 Å². The lowest BCUT2D eigenvalue weighted by Crippen LogP contribution is -2.35. The first-order chi connectivity index (χ1) is 7.27. The standard InChI is InChI=1S/C12H17N3/c1-9-5-3-4-6-11(9)10(2)15-12-13-7-8-14-12/h3-6,10H,7-8H2,1-2H3,(H2,13,14,15). The highest BCUT2D eigenvalue weighted by Gasteiger charge is 2.11. The molecule has 0 aliphatic carbocycles. The van der Waals surface area contributed by atoms with Crippen molar-refractivity contribution in [3.63, 3.8) is 0 Å². The van der Waals surface area contributed by atoms with E-state index in [9.17, 15) is 0 Å². The van der Waals surface area contributed by atoms with Gasteiger partial charge in [-0.15, -0.1) is 0 Å². The number of hydrogen-bond donors (Lipinski definition) is 2. The van der Waals surface area contributed by atoms with Crippen molar-refractivity contribution in [3.05, 3.63) is 35.4 Å². The lowest BCUT2D eigenvalue weighted by Gasteiger charge is -2.17. The normalized spacial score (nSPS) is 16.8. The summed E-state index contributed by atoms with van der Waals surface area (Å²) in [7, 11) is 0. The van der Waals surface area contributed by atoms with Gasteiger partial charge in [0.2, 0.25) is 0 Å². The predicted octanol–water partition coefficient (Wildman–Crippen LogP) is 1.60.